The maximum atomic E-state index is 12.1. The molecule has 5 heteroatoms. The Hall–Kier alpha value is -1.95. The number of benzene rings is 2. The van der Waals surface area contributed by atoms with Crippen molar-refractivity contribution in [3.63, 3.8) is 0 Å². The first-order chi connectivity index (χ1) is 16.1. The first kappa shape index (κ1) is 29.3. The largest absolute Gasteiger partial charge is 0.465 e. The Bertz CT molecular complexity index is 887. The minimum absolute atomic E-state index is 0.0449. The van der Waals surface area contributed by atoms with Gasteiger partial charge in [0, 0.05) is 12.0 Å². The summed E-state index contributed by atoms with van der Waals surface area (Å²) in [5.41, 5.74) is -1.00. The van der Waals surface area contributed by atoms with Gasteiger partial charge >= 0.3 is 5.97 Å². The van der Waals surface area contributed by atoms with Crippen molar-refractivity contribution >= 4 is 24.7 Å². The van der Waals surface area contributed by atoms with Crippen LogP contribution in [0.5, 0.6) is 0 Å². The number of aliphatic hydroxyl groups excluding tert-OH is 1. The van der Waals surface area contributed by atoms with Crippen LogP contribution >= 0.6 is 0 Å². The molecule has 194 valence electrons. The molecule has 2 atom stereocenters. The molecule has 2 aromatic carbocycles. The van der Waals surface area contributed by atoms with Gasteiger partial charge in [-0.2, -0.15) is 0 Å². The normalized spacial score (nSPS) is 14.9. The predicted molar refractivity (Wildman–Crippen MR) is 148 cm³/mol. The highest BCUT2D eigenvalue weighted by molar-refractivity contribution is 6.99. The Morgan fingerprint density at radius 3 is 1.71 bits per heavy atom. The van der Waals surface area contributed by atoms with Crippen LogP contribution in [0.4, 0.5) is 0 Å². The molecular weight excluding hydrogens is 452 g/mol. The van der Waals surface area contributed by atoms with Crippen molar-refractivity contribution in [2.45, 2.75) is 79.9 Å². The van der Waals surface area contributed by atoms with Crippen molar-refractivity contribution in [3.05, 3.63) is 60.7 Å². The van der Waals surface area contributed by atoms with E-state index in [4.69, 9.17) is 9.16 Å². The summed E-state index contributed by atoms with van der Waals surface area (Å²) in [6.45, 7) is 19.2. The summed E-state index contributed by atoms with van der Waals surface area (Å²) in [5.74, 6) is -0.170. The van der Waals surface area contributed by atoms with E-state index in [0.717, 1.165) is 0 Å². The van der Waals surface area contributed by atoms with Gasteiger partial charge in [-0.05, 0) is 48.5 Å². The Kier molecular flexibility index (Phi) is 9.54. The molecule has 0 aliphatic heterocycles. The van der Waals surface area contributed by atoms with E-state index in [1.54, 1.807) is 0 Å². The molecule has 0 aliphatic carbocycles. The minimum atomic E-state index is -2.68. The van der Waals surface area contributed by atoms with E-state index in [2.05, 4.69) is 83.1 Å². The van der Waals surface area contributed by atoms with Crippen LogP contribution in [-0.4, -0.2) is 38.7 Å². The second kappa shape index (κ2) is 11.4. The molecular formula is C30H46O4Si. The zero-order valence-electron chi connectivity index (χ0n) is 23.2. The molecule has 0 aromatic heterocycles. The molecule has 0 unspecified atom stereocenters. The summed E-state index contributed by atoms with van der Waals surface area (Å²) >= 11 is 0. The summed E-state index contributed by atoms with van der Waals surface area (Å²) < 4.78 is 12.6. The van der Waals surface area contributed by atoms with Crippen LogP contribution < -0.4 is 10.4 Å². The SMILES string of the molecule is C[C@@H](COC(=O)C(C)(C)C)C[C@@H](O)C(C)(C)CO[Si](c1ccccc1)(c1ccccc1)C(C)(C)C. The third-order valence-corrected chi connectivity index (χ3v) is 11.7. The molecule has 0 heterocycles. The van der Waals surface area contributed by atoms with Gasteiger partial charge < -0.3 is 14.3 Å². The van der Waals surface area contributed by atoms with Crippen molar-refractivity contribution in [2.75, 3.05) is 13.2 Å². The van der Waals surface area contributed by atoms with Gasteiger partial charge in [0.25, 0.3) is 8.32 Å². The molecule has 0 fully saturated rings. The average molecular weight is 499 g/mol. The van der Waals surface area contributed by atoms with Crippen molar-refractivity contribution in [3.8, 4) is 0 Å². The molecule has 0 saturated carbocycles. The van der Waals surface area contributed by atoms with Crippen LogP contribution in [0.3, 0.4) is 0 Å². The summed E-state index contributed by atoms with van der Waals surface area (Å²) in [6.07, 6.45) is -0.0572. The summed E-state index contributed by atoms with van der Waals surface area (Å²) in [4.78, 5) is 12.1. The number of carbonyl (C=O) groups is 1. The summed E-state index contributed by atoms with van der Waals surface area (Å²) in [5, 5.41) is 13.5. The first-order valence-electron chi connectivity index (χ1n) is 12.7. The van der Waals surface area contributed by atoms with E-state index >= 15 is 0 Å². The summed E-state index contributed by atoms with van der Waals surface area (Å²) in [6, 6.07) is 21.1. The topological polar surface area (TPSA) is 55.8 Å². The first-order valence-corrected chi connectivity index (χ1v) is 14.6. The van der Waals surface area contributed by atoms with E-state index in [0.29, 0.717) is 19.6 Å². The number of hydrogen-bond acceptors (Lipinski definition) is 4. The number of esters is 1. The Balaban J connectivity index is 2.24. The van der Waals surface area contributed by atoms with Crippen molar-refractivity contribution in [1.82, 2.24) is 0 Å². The van der Waals surface area contributed by atoms with E-state index in [9.17, 15) is 9.90 Å². The molecule has 2 aromatic rings. The Morgan fingerprint density at radius 2 is 1.31 bits per heavy atom. The van der Waals surface area contributed by atoms with Crippen LogP contribution in [0, 0.1) is 16.7 Å². The predicted octanol–water partition coefficient (Wildman–Crippen LogP) is 5.57. The molecule has 0 spiro atoms. The molecule has 2 rings (SSSR count). The fourth-order valence-electron chi connectivity index (χ4n) is 4.35. The second-order valence-electron chi connectivity index (χ2n) is 12.6. The summed E-state index contributed by atoms with van der Waals surface area (Å²) in [7, 11) is -2.68. The van der Waals surface area contributed by atoms with Crippen molar-refractivity contribution in [1.29, 1.82) is 0 Å². The van der Waals surface area contributed by atoms with Crippen LogP contribution in [0.25, 0.3) is 0 Å². The third kappa shape index (κ3) is 7.28. The lowest BCUT2D eigenvalue weighted by Crippen LogP contribution is -2.67. The maximum Gasteiger partial charge on any atom is 0.311 e. The second-order valence-corrected chi connectivity index (χ2v) is 17.0. The lowest BCUT2D eigenvalue weighted by Gasteiger charge is -2.45. The molecule has 0 amide bonds. The van der Waals surface area contributed by atoms with E-state index in [-0.39, 0.29) is 16.9 Å². The van der Waals surface area contributed by atoms with Gasteiger partial charge in [-0.15, -0.1) is 0 Å². The fraction of sp³-hybridized carbons (Fsp3) is 0.567. The quantitative estimate of drug-likeness (QED) is 0.344. The molecule has 35 heavy (non-hydrogen) atoms. The zero-order valence-corrected chi connectivity index (χ0v) is 24.2. The van der Waals surface area contributed by atoms with Crippen molar-refractivity contribution < 1.29 is 19.1 Å². The van der Waals surface area contributed by atoms with Crippen LogP contribution in [-0.2, 0) is 14.0 Å². The van der Waals surface area contributed by atoms with E-state index in [1.807, 2.05) is 39.8 Å². The van der Waals surface area contributed by atoms with Gasteiger partial charge in [-0.1, -0.05) is 102 Å². The molecule has 0 radical (unpaired) electrons. The lowest BCUT2D eigenvalue weighted by molar-refractivity contribution is -0.154. The smallest absolute Gasteiger partial charge is 0.311 e. The number of ether oxygens (including phenoxy) is 1. The van der Waals surface area contributed by atoms with Crippen LogP contribution in [0.1, 0.15) is 68.7 Å². The van der Waals surface area contributed by atoms with Gasteiger partial charge in [0.2, 0.25) is 0 Å². The number of rotatable bonds is 10. The fourth-order valence-corrected chi connectivity index (χ4v) is 9.10. The Labute approximate surface area is 214 Å². The third-order valence-electron chi connectivity index (χ3n) is 6.72. The molecule has 0 bridgehead atoms. The molecule has 0 saturated heterocycles. The number of carbonyl (C=O) groups excluding carboxylic acids is 1. The molecule has 0 aliphatic rings. The molecule has 1 N–H and O–H groups in total. The van der Waals surface area contributed by atoms with E-state index < -0.39 is 25.3 Å². The average Bonchev–Trinajstić information content (AvgIpc) is 2.77. The highest BCUT2D eigenvalue weighted by Crippen LogP contribution is 2.38. The number of aliphatic hydroxyl groups is 1. The van der Waals surface area contributed by atoms with Gasteiger partial charge in [0.15, 0.2) is 0 Å². The Morgan fingerprint density at radius 1 is 0.857 bits per heavy atom. The van der Waals surface area contributed by atoms with Gasteiger partial charge in [0.05, 0.1) is 18.1 Å². The highest BCUT2D eigenvalue weighted by Gasteiger charge is 2.51. The van der Waals surface area contributed by atoms with E-state index in [1.165, 1.54) is 10.4 Å². The van der Waals surface area contributed by atoms with Crippen LogP contribution in [0.2, 0.25) is 5.04 Å². The lowest BCUT2D eigenvalue weighted by atomic mass is 9.83. The van der Waals surface area contributed by atoms with Gasteiger partial charge in [-0.25, -0.2) is 0 Å². The zero-order chi connectivity index (χ0) is 26.5. The number of hydrogen-bond donors (Lipinski definition) is 1. The van der Waals surface area contributed by atoms with Gasteiger partial charge in [0.1, 0.15) is 0 Å². The van der Waals surface area contributed by atoms with Crippen molar-refractivity contribution in [2.24, 2.45) is 16.7 Å². The maximum absolute atomic E-state index is 12.1. The minimum Gasteiger partial charge on any atom is -0.465 e. The van der Waals surface area contributed by atoms with Gasteiger partial charge in [-0.3, -0.25) is 4.79 Å². The van der Waals surface area contributed by atoms with Crippen LogP contribution in [0.15, 0.2) is 60.7 Å². The molecule has 4 nitrogen and oxygen atoms in total. The standard InChI is InChI=1S/C30H46O4Si/c1-23(21-33-27(32)28(2,3)4)20-26(31)30(8,9)22-34-35(29(5,6)7,24-16-12-10-13-17-24)25-18-14-11-15-19-25/h10-19,23,26,31H,20-22H2,1-9H3/t23-,26-/m1/s1. The highest BCUT2D eigenvalue weighted by atomic mass is 28.4. The monoisotopic (exact) mass is 498 g/mol.